The van der Waals surface area contributed by atoms with Gasteiger partial charge in [-0.25, -0.2) is 12.8 Å². The van der Waals surface area contributed by atoms with Gasteiger partial charge in [-0.1, -0.05) is 40.9 Å². The van der Waals surface area contributed by atoms with Gasteiger partial charge in [0.05, 0.1) is 10.6 Å². The van der Waals surface area contributed by atoms with Crippen LogP contribution in [-0.4, -0.2) is 24.4 Å². The van der Waals surface area contributed by atoms with Crippen LogP contribution < -0.4 is 0 Å². The summed E-state index contributed by atoms with van der Waals surface area (Å²) in [6.07, 6.45) is 0. The van der Waals surface area contributed by atoms with Crippen LogP contribution in [0.2, 0.25) is 5.02 Å². The second-order valence-electron chi connectivity index (χ2n) is 5.89. The summed E-state index contributed by atoms with van der Waals surface area (Å²) in [5.74, 6) is 0.612. The lowest BCUT2D eigenvalue weighted by Crippen LogP contribution is -2.38. The highest BCUT2D eigenvalue weighted by Crippen LogP contribution is 2.28. The quantitative estimate of drug-likeness (QED) is 0.706. The van der Waals surface area contributed by atoms with Gasteiger partial charge in [0, 0.05) is 17.3 Å². The van der Waals surface area contributed by atoms with Gasteiger partial charge in [-0.05, 0) is 61.1 Å². The van der Waals surface area contributed by atoms with Crippen LogP contribution in [0.25, 0.3) is 0 Å². The van der Waals surface area contributed by atoms with Gasteiger partial charge >= 0.3 is 0 Å². The smallest absolute Gasteiger partial charge is 0.212 e. The van der Waals surface area contributed by atoms with E-state index in [0.717, 1.165) is 11.3 Å². The first kappa shape index (κ1) is 18.3. The minimum absolute atomic E-state index is 0.297. The van der Waals surface area contributed by atoms with Gasteiger partial charge in [-0.3, -0.25) is 0 Å². The fourth-order valence-corrected chi connectivity index (χ4v) is 6.69. The standard InChI is InChI=1S/C18H19ClN2O2S2/c1-14-12-21(25(22,23)18-6-4-3-5-7-18)24(13-15(14)2)20-17-10-8-16(19)9-11-17/h3-11H,12-13H2,1-2H3. The summed E-state index contributed by atoms with van der Waals surface area (Å²) in [6, 6.07) is 15.7. The number of halogens is 1. The first-order valence-electron chi connectivity index (χ1n) is 7.79. The largest absolute Gasteiger partial charge is 0.253 e. The van der Waals surface area contributed by atoms with E-state index >= 15 is 0 Å². The summed E-state index contributed by atoms with van der Waals surface area (Å²) < 4.78 is 32.5. The van der Waals surface area contributed by atoms with E-state index in [2.05, 4.69) is 0 Å². The van der Waals surface area contributed by atoms with Gasteiger partial charge in [-0.2, -0.15) is 0 Å². The zero-order valence-electron chi connectivity index (χ0n) is 14.0. The molecule has 2 aromatic rings. The Balaban J connectivity index is 2.07. The van der Waals surface area contributed by atoms with Crippen LogP contribution in [0.1, 0.15) is 13.8 Å². The number of sulfonamides is 1. The number of nitrogens with zero attached hydrogens (tertiary/aromatic N) is 2. The molecule has 0 amide bonds. The number of hydrogen-bond acceptors (Lipinski definition) is 3. The van der Waals surface area contributed by atoms with Gasteiger partial charge in [0.25, 0.3) is 10.0 Å². The first-order chi connectivity index (χ1) is 11.9. The molecule has 0 spiro atoms. The monoisotopic (exact) mass is 394 g/mol. The molecule has 0 radical (unpaired) electrons. The van der Waals surface area contributed by atoms with E-state index in [4.69, 9.17) is 16.0 Å². The highest BCUT2D eigenvalue weighted by atomic mass is 35.5. The Labute approximate surface area is 156 Å². The van der Waals surface area contributed by atoms with E-state index in [9.17, 15) is 8.42 Å². The zero-order chi connectivity index (χ0) is 18.0. The number of rotatable bonds is 3. The van der Waals surface area contributed by atoms with Crippen molar-refractivity contribution in [3.63, 3.8) is 0 Å². The van der Waals surface area contributed by atoms with Gasteiger partial charge in [0.1, 0.15) is 0 Å². The Morgan fingerprint density at radius 3 is 2.28 bits per heavy atom. The van der Waals surface area contributed by atoms with E-state index < -0.39 is 20.9 Å². The third-order valence-corrected chi connectivity index (χ3v) is 8.62. The van der Waals surface area contributed by atoms with E-state index in [1.165, 1.54) is 9.28 Å². The topological polar surface area (TPSA) is 49.7 Å². The molecule has 0 N–H and O–H groups in total. The van der Waals surface area contributed by atoms with E-state index in [0.29, 0.717) is 22.2 Å². The molecule has 1 aliphatic rings. The van der Waals surface area contributed by atoms with Crippen LogP contribution in [0.5, 0.6) is 0 Å². The van der Waals surface area contributed by atoms with Crippen molar-refractivity contribution >= 4 is 38.2 Å². The fraction of sp³-hybridized carbons (Fsp3) is 0.222. The van der Waals surface area contributed by atoms with Crippen molar-refractivity contribution in [1.82, 2.24) is 3.71 Å². The molecule has 25 heavy (non-hydrogen) atoms. The van der Waals surface area contributed by atoms with Crippen LogP contribution in [0.4, 0.5) is 5.69 Å². The summed E-state index contributed by atoms with van der Waals surface area (Å²) >= 11 is 5.92. The summed E-state index contributed by atoms with van der Waals surface area (Å²) in [7, 11) is -4.40. The Kier molecular flexibility index (Phi) is 5.43. The summed E-state index contributed by atoms with van der Waals surface area (Å²) in [5, 5.41) is 0.631. The lowest BCUT2D eigenvalue weighted by atomic mass is 10.2. The van der Waals surface area contributed by atoms with E-state index in [1.54, 1.807) is 36.4 Å². The molecule has 1 unspecified atom stereocenters. The molecule has 132 valence electrons. The van der Waals surface area contributed by atoms with Gasteiger partial charge in [0.2, 0.25) is 0 Å². The summed E-state index contributed by atoms with van der Waals surface area (Å²) in [6.45, 7) is 4.38. The van der Waals surface area contributed by atoms with Crippen molar-refractivity contribution in [2.45, 2.75) is 18.7 Å². The molecule has 0 saturated carbocycles. The lowest BCUT2D eigenvalue weighted by Gasteiger charge is -2.30. The molecule has 3 rings (SSSR count). The fourth-order valence-electron chi connectivity index (χ4n) is 2.40. The van der Waals surface area contributed by atoms with Gasteiger partial charge in [-0.15, -0.1) is 3.71 Å². The van der Waals surface area contributed by atoms with Crippen molar-refractivity contribution in [2.24, 2.45) is 4.36 Å². The van der Waals surface area contributed by atoms with Crippen molar-refractivity contribution < 1.29 is 8.42 Å². The van der Waals surface area contributed by atoms with Crippen LogP contribution >= 0.6 is 11.6 Å². The predicted molar refractivity (Wildman–Crippen MR) is 104 cm³/mol. The van der Waals surface area contributed by atoms with Gasteiger partial charge < -0.3 is 0 Å². The Morgan fingerprint density at radius 1 is 1.00 bits per heavy atom. The second-order valence-corrected chi connectivity index (χ2v) is 10.0. The Bertz CT molecular complexity index is 937. The molecule has 7 heteroatoms. The SMILES string of the molecule is CC1=C(C)CS(=Nc2ccc(Cl)cc2)N(S(=O)(=O)c2ccccc2)C1. The maximum atomic E-state index is 13.1. The van der Waals surface area contributed by atoms with E-state index in [-0.39, 0.29) is 0 Å². The zero-order valence-corrected chi connectivity index (χ0v) is 16.4. The maximum absolute atomic E-state index is 13.1. The van der Waals surface area contributed by atoms with Gasteiger partial charge in [0.15, 0.2) is 0 Å². The van der Waals surface area contributed by atoms with E-state index in [1.807, 2.05) is 32.0 Å². The molecule has 2 aromatic carbocycles. The second kappa shape index (κ2) is 7.41. The molecular weight excluding hydrogens is 376 g/mol. The van der Waals surface area contributed by atoms with Crippen molar-refractivity contribution in [1.29, 1.82) is 0 Å². The average molecular weight is 395 g/mol. The summed E-state index contributed by atoms with van der Waals surface area (Å²) in [4.78, 5) is 0.297. The average Bonchev–Trinajstić information content (AvgIpc) is 2.60. The molecule has 1 aliphatic heterocycles. The van der Waals surface area contributed by atoms with Crippen molar-refractivity contribution in [3.05, 3.63) is 70.8 Å². The molecular formula is C18H19ClN2O2S2. The molecule has 0 bridgehead atoms. The van der Waals surface area contributed by atoms with Crippen LogP contribution in [0.3, 0.4) is 0 Å². The van der Waals surface area contributed by atoms with Crippen LogP contribution in [0.15, 0.2) is 75.0 Å². The summed E-state index contributed by atoms with van der Waals surface area (Å²) in [5.41, 5.74) is 3.00. The molecule has 0 aliphatic carbocycles. The molecule has 0 aromatic heterocycles. The Hall–Kier alpha value is -1.47. The third-order valence-electron chi connectivity index (χ3n) is 4.02. The van der Waals surface area contributed by atoms with Crippen LogP contribution in [0, 0.1) is 0 Å². The maximum Gasteiger partial charge on any atom is 0.253 e. The highest BCUT2D eigenvalue weighted by molar-refractivity contribution is 8.02. The van der Waals surface area contributed by atoms with Crippen LogP contribution in [-0.2, 0) is 20.9 Å². The normalized spacial score (nSPS) is 19.4. The molecule has 0 saturated heterocycles. The number of hydrogen-bond donors (Lipinski definition) is 0. The minimum Gasteiger partial charge on any atom is -0.212 e. The highest BCUT2D eigenvalue weighted by Gasteiger charge is 2.31. The minimum atomic E-state index is -3.60. The predicted octanol–water partition coefficient (Wildman–Crippen LogP) is 4.73. The molecule has 1 heterocycles. The first-order valence-corrected chi connectivity index (χ1v) is 10.9. The molecule has 4 nitrogen and oxygen atoms in total. The number of benzene rings is 2. The van der Waals surface area contributed by atoms with Crippen molar-refractivity contribution in [2.75, 3.05) is 12.3 Å². The van der Waals surface area contributed by atoms with Crippen molar-refractivity contribution in [3.8, 4) is 0 Å². The Morgan fingerprint density at radius 2 is 1.64 bits per heavy atom. The molecule has 1 atom stereocenters. The third kappa shape index (κ3) is 4.03. The molecule has 0 fully saturated rings. The lowest BCUT2D eigenvalue weighted by molar-refractivity contribution is 0.548.